The molecule has 21 heteroatoms. The lowest BCUT2D eigenvalue weighted by Gasteiger charge is -2.32. The first-order valence-electron chi connectivity index (χ1n) is 11.9. The van der Waals surface area contributed by atoms with Crippen LogP contribution in [0.3, 0.4) is 0 Å². The molecule has 7 nitrogen and oxygen atoms in total. The summed E-state index contributed by atoms with van der Waals surface area (Å²) in [5.41, 5.74) is -7.81. The SMILES string of the molecule is CC(F)(F)C(OC(=O)C1C2CC3C(OC(=O)C31)C2OC(=O)Oc1c(C(F)(F)F)cc(C(F)(F)F)cc1C(F)(F)F)C(F)(F)F. The smallest absolute Gasteiger partial charge is 0.458 e. The van der Waals surface area contributed by atoms with Gasteiger partial charge in [-0.05, 0) is 18.6 Å². The first kappa shape index (κ1) is 33.3. The first-order chi connectivity index (χ1) is 19.7. The van der Waals surface area contributed by atoms with Gasteiger partial charge in [-0.25, -0.2) is 13.6 Å². The van der Waals surface area contributed by atoms with E-state index in [1.807, 2.05) is 0 Å². The molecule has 7 unspecified atom stereocenters. The number of alkyl halides is 14. The van der Waals surface area contributed by atoms with E-state index in [1.54, 1.807) is 0 Å². The van der Waals surface area contributed by atoms with Gasteiger partial charge >= 0.3 is 42.8 Å². The highest BCUT2D eigenvalue weighted by Crippen LogP contribution is 2.59. The fourth-order valence-corrected chi connectivity index (χ4v) is 5.66. The number of carbonyl (C=O) groups is 3. The molecule has 2 saturated carbocycles. The molecule has 2 bridgehead atoms. The number of hydrogen-bond acceptors (Lipinski definition) is 7. The number of ether oxygens (including phenoxy) is 4. The Labute approximate surface area is 234 Å². The molecule has 3 fully saturated rings. The third kappa shape index (κ3) is 6.04. The maximum Gasteiger partial charge on any atom is 0.514 e. The van der Waals surface area contributed by atoms with Crippen molar-refractivity contribution in [3.05, 3.63) is 28.8 Å². The zero-order valence-electron chi connectivity index (χ0n) is 21.1. The van der Waals surface area contributed by atoms with Gasteiger partial charge in [0.05, 0.1) is 28.5 Å². The van der Waals surface area contributed by atoms with Gasteiger partial charge in [-0.1, -0.05) is 0 Å². The van der Waals surface area contributed by atoms with Crippen LogP contribution in [0.5, 0.6) is 5.75 Å². The van der Waals surface area contributed by atoms with Crippen LogP contribution < -0.4 is 4.74 Å². The fraction of sp³-hybridized carbons (Fsp3) is 0.609. The van der Waals surface area contributed by atoms with E-state index in [0.717, 1.165) is 0 Å². The number of fused-ring (bicyclic) bond motifs is 1. The third-order valence-electron chi connectivity index (χ3n) is 7.25. The van der Waals surface area contributed by atoms with Crippen molar-refractivity contribution in [1.29, 1.82) is 0 Å². The van der Waals surface area contributed by atoms with Crippen LogP contribution in [0, 0.1) is 23.7 Å². The van der Waals surface area contributed by atoms with Gasteiger partial charge in [0.2, 0.25) is 0 Å². The second-order valence-electron chi connectivity index (χ2n) is 10.2. The summed E-state index contributed by atoms with van der Waals surface area (Å²) in [6, 6.07) is -1.54. The van der Waals surface area contributed by atoms with Crippen LogP contribution in [-0.4, -0.2) is 48.5 Å². The maximum atomic E-state index is 13.6. The van der Waals surface area contributed by atoms with Crippen molar-refractivity contribution < 1.29 is 94.8 Å². The zero-order chi connectivity index (χ0) is 33.5. The van der Waals surface area contributed by atoms with Crippen molar-refractivity contribution >= 4 is 18.1 Å². The number of esters is 2. The minimum Gasteiger partial charge on any atom is -0.458 e. The van der Waals surface area contributed by atoms with Gasteiger partial charge in [0, 0.05) is 18.8 Å². The van der Waals surface area contributed by atoms with Gasteiger partial charge in [-0.2, -0.15) is 52.7 Å². The molecule has 246 valence electrons. The monoisotopic (exact) mass is 668 g/mol. The molecular weight excluding hydrogens is 654 g/mol. The Morgan fingerprint density at radius 1 is 0.841 bits per heavy atom. The van der Waals surface area contributed by atoms with E-state index in [4.69, 9.17) is 9.47 Å². The number of benzene rings is 1. The molecule has 7 atom stereocenters. The molecule has 0 spiro atoms. The summed E-state index contributed by atoms with van der Waals surface area (Å²) < 4.78 is 205. The van der Waals surface area contributed by atoms with Gasteiger partial charge < -0.3 is 18.9 Å². The van der Waals surface area contributed by atoms with E-state index in [2.05, 4.69) is 9.47 Å². The molecule has 0 aromatic heterocycles. The number of halogens is 14. The van der Waals surface area contributed by atoms with E-state index >= 15 is 0 Å². The lowest BCUT2D eigenvalue weighted by atomic mass is 9.78. The van der Waals surface area contributed by atoms with Crippen LogP contribution in [0.15, 0.2) is 12.1 Å². The standard InChI is InChI=1S/C23H14F14O7/c1-19(24,25)17(23(35,36)37)44-16(39)11-7-4-6-10(11)15(38)41-12(6)13(7)42-18(40)43-14-8(21(29,30)31)2-5(20(26,27)28)3-9(14)22(32,33)34/h2-3,6-7,10-13,17H,4H2,1H3. The lowest BCUT2D eigenvalue weighted by molar-refractivity contribution is -0.275. The quantitative estimate of drug-likeness (QED) is 0.152. The Hall–Kier alpha value is -3.55. The Morgan fingerprint density at radius 2 is 1.36 bits per heavy atom. The lowest BCUT2D eigenvalue weighted by Crippen LogP contribution is -2.50. The second-order valence-corrected chi connectivity index (χ2v) is 10.2. The van der Waals surface area contributed by atoms with Crippen molar-refractivity contribution in [2.24, 2.45) is 23.7 Å². The predicted octanol–water partition coefficient (Wildman–Crippen LogP) is 6.56. The van der Waals surface area contributed by atoms with Crippen LogP contribution in [-0.2, 0) is 42.3 Å². The number of hydrogen-bond donors (Lipinski definition) is 0. The molecule has 4 rings (SSSR count). The zero-order valence-corrected chi connectivity index (χ0v) is 21.1. The topological polar surface area (TPSA) is 88.1 Å². The summed E-state index contributed by atoms with van der Waals surface area (Å²) in [7, 11) is 0. The van der Waals surface area contributed by atoms with E-state index in [0.29, 0.717) is 0 Å². The Balaban J connectivity index is 1.65. The summed E-state index contributed by atoms with van der Waals surface area (Å²) in [5, 5.41) is 0. The molecule has 3 aliphatic rings. The molecule has 0 N–H and O–H groups in total. The third-order valence-corrected chi connectivity index (χ3v) is 7.25. The van der Waals surface area contributed by atoms with E-state index in [-0.39, 0.29) is 13.3 Å². The maximum absolute atomic E-state index is 13.6. The average molecular weight is 668 g/mol. The van der Waals surface area contributed by atoms with Crippen molar-refractivity contribution in [2.75, 3.05) is 0 Å². The van der Waals surface area contributed by atoms with Crippen LogP contribution in [0.2, 0.25) is 0 Å². The van der Waals surface area contributed by atoms with Crippen molar-refractivity contribution in [3.8, 4) is 5.75 Å². The van der Waals surface area contributed by atoms with Gasteiger partial charge in [-0.3, -0.25) is 9.59 Å². The molecule has 2 aliphatic carbocycles. The summed E-state index contributed by atoms with van der Waals surface area (Å²) >= 11 is 0. The Kier molecular flexibility index (Phi) is 7.76. The molecule has 1 heterocycles. The molecule has 1 aromatic carbocycles. The van der Waals surface area contributed by atoms with Crippen LogP contribution in [0.1, 0.15) is 30.0 Å². The number of carbonyl (C=O) groups excluding carboxylic acids is 3. The Morgan fingerprint density at radius 3 is 1.80 bits per heavy atom. The molecule has 0 radical (unpaired) electrons. The second kappa shape index (κ2) is 10.2. The largest absolute Gasteiger partial charge is 0.514 e. The summed E-state index contributed by atoms with van der Waals surface area (Å²) in [6.07, 6.45) is -33.8. The van der Waals surface area contributed by atoms with Gasteiger partial charge in [0.25, 0.3) is 12.0 Å². The molecule has 44 heavy (non-hydrogen) atoms. The first-order valence-corrected chi connectivity index (χ1v) is 11.9. The van der Waals surface area contributed by atoms with E-state index in [1.165, 1.54) is 0 Å². The highest BCUT2D eigenvalue weighted by Gasteiger charge is 2.71. The summed E-state index contributed by atoms with van der Waals surface area (Å²) in [6.45, 7) is -0.229. The molecule has 1 aromatic rings. The minimum absolute atomic E-state index is 0.229. The highest BCUT2D eigenvalue weighted by atomic mass is 19.4. The van der Waals surface area contributed by atoms with Crippen LogP contribution in [0.4, 0.5) is 66.3 Å². The van der Waals surface area contributed by atoms with Crippen LogP contribution >= 0.6 is 0 Å². The summed E-state index contributed by atoms with van der Waals surface area (Å²) in [5.74, 6) is -16.8. The van der Waals surface area contributed by atoms with Gasteiger partial charge in [-0.15, -0.1) is 0 Å². The summed E-state index contributed by atoms with van der Waals surface area (Å²) in [4.78, 5) is 37.4. The van der Waals surface area contributed by atoms with E-state index in [9.17, 15) is 75.8 Å². The molecule has 0 amide bonds. The Bertz CT molecular complexity index is 1290. The molecule has 1 saturated heterocycles. The van der Waals surface area contributed by atoms with Crippen molar-refractivity contribution in [3.63, 3.8) is 0 Å². The molecular formula is C23H14F14O7. The normalized spacial score (nSPS) is 27.7. The van der Waals surface area contributed by atoms with Crippen molar-refractivity contribution in [2.45, 2.75) is 62.3 Å². The van der Waals surface area contributed by atoms with Gasteiger partial charge in [0.15, 0.2) is 5.75 Å². The minimum atomic E-state index is -5.97. The average Bonchev–Trinajstić information content (AvgIpc) is 3.42. The van der Waals surface area contributed by atoms with Gasteiger partial charge in [0.1, 0.15) is 12.2 Å². The number of rotatable bonds is 5. The molecule has 1 aliphatic heterocycles. The highest BCUT2D eigenvalue weighted by molar-refractivity contribution is 5.86. The predicted molar refractivity (Wildman–Crippen MR) is 107 cm³/mol. The van der Waals surface area contributed by atoms with Crippen LogP contribution in [0.25, 0.3) is 0 Å². The van der Waals surface area contributed by atoms with E-state index < -0.39 is 125 Å². The van der Waals surface area contributed by atoms with Crippen molar-refractivity contribution in [1.82, 2.24) is 0 Å². The fourth-order valence-electron chi connectivity index (χ4n) is 5.66.